The molecule has 0 aliphatic heterocycles. The Morgan fingerprint density at radius 2 is 1.80 bits per heavy atom. The standard InChI is InChI=1S/C23H26N4O3/c1-2-3-4-16-30-21-12-6-18(7-13-21)23(29)24-17-22(28)26-19-8-10-20(11-9-19)27-15-5-14-25-27/h5-15H,2-4,16-17H2,1H3,(H,24,29)(H,26,28). The van der Waals surface area contributed by atoms with Gasteiger partial charge in [0.25, 0.3) is 5.91 Å². The molecule has 3 rings (SSSR count). The average molecular weight is 406 g/mol. The largest absolute Gasteiger partial charge is 0.494 e. The highest BCUT2D eigenvalue weighted by Gasteiger charge is 2.09. The maximum absolute atomic E-state index is 12.2. The first-order valence-corrected chi connectivity index (χ1v) is 10.1. The van der Waals surface area contributed by atoms with E-state index in [0.29, 0.717) is 17.9 Å². The Morgan fingerprint density at radius 3 is 2.47 bits per heavy atom. The molecule has 0 spiro atoms. The fourth-order valence-corrected chi connectivity index (χ4v) is 2.83. The van der Waals surface area contributed by atoms with Gasteiger partial charge in [0.15, 0.2) is 0 Å². The number of carbonyl (C=O) groups is 2. The van der Waals surface area contributed by atoms with E-state index in [0.717, 1.165) is 30.7 Å². The van der Waals surface area contributed by atoms with Gasteiger partial charge in [0.2, 0.25) is 5.91 Å². The molecule has 0 aliphatic carbocycles. The number of unbranched alkanes of at least 4 members (excludes halogenated alkanes) is 2. The fourth-order valence-electron chi connectivity index (χ4n) is 2.83. The van der Waals surface area contributed by atoms with E-state index in [9.17, 15) is 9.59 Å². The zero-order valence-corrected chi connectivity index (χ0v) is 17.0. The van der Waals surface area contributed by atoms with Crippen molar-refractivity contribution in [3.63, 3.8) is 0 Å². The number of amides is 2. The third kappa shape index (κ3) is 6.20. The smallest absolute Gasteiger partial charge is 0.251 e. The van der Waals surface area contributed by atoms with Crippen molar-refractivity contribution >= 4 is 17.5 Å². The first kappa shape index (κ1) is 21.1. The van der Waals surface area contributed by atoms with Gasteiger partial charge in [0, 0.05) is 23.6 Å². The second kappa shape index (κ2) is 10.8. The summed E-state index contributed by atoms with van der Waals surface area (Å²) in [5.41, 5.74) is 2.02. The van der Waals surface area contributed by atoms with Crippen LogP contribution in [0.15, 0.2) is 67.0 Å². The van der Waals surface area contributed by atoms with E-state index in [4.69, 9.17) is 4.74 Å². The lowest BCUT2D eigenvalue weighted by Crippen LogP contribution is -2.32. The van der Waals surface area contributed by atoms with E-state index in [-0.39, 0.29) is 18.4 Å². The van der Waals surface area contributed by atoms with E-state index >= 15 is 0 Å². The molecule has 3 aromatic rings. The number of aromatic nitrogens is 2. The lowest BCUT2D eigenvalue weighted by Gasteiger charge is -2.09. The molecule has 1 aromatic heterocycles. The van der Waals surface area contributed by atoms with Crippen LogP contribution in [0.3, 0.4) is 0 Å². The maximum Gasteiger partial charge on any atom is 0.251 e. The average Bonchev–Trinajstić information content (AvgIpc) is 3.31. The molecule has 0 fully saturated rings. The van der Waals surface area contributed by atoms with Crippen molar-refractivity contribution < 1.29 is 14.3 Å². The van der Waals surface area contributed by atoms with E-state index in [1.807, 2.05) is 24.4 Å². The number of nitrogens with zero attached hydrogens (tertiary/aromatic N) is 2. The fraction of sp³-hybridized carbons (Fsp3) is 0.261. The van der Waals surface area contributed by atoms with Crippen molar-refractivity contribution in [1.29, 1.82) is 0 Å². The highest BCUT2D eigenvalue weighted by Crippen LogP contribution is 2.14. The van der Waals surface area contributed by atoms with Crippen LogP contribution in [-0.4, -0.2) is 34.7 Å². The van der Waals surface area contributed by atoms with Crippen LogP contribution < -0.4 is 15.4 Å². The van der Waals surface area contributed by atoms with Crippen LogP contribution in [0.5, 0.6) is 5.75 Å². The van der Waals surface area contributed by atoms with Gasteiger partial charge in [0.05, 0.1) is 18.8 Å². The van der Waals surface area contributed by atoms with E-state index < -0.39 is 0 Å². The third-order valence-electron chi connectivity index (χ3n) is 4.46. The summed E-state index contributed by atoms with van der Waals surface area (Å²) in [6.07, 6.45) is 6.84. The monoisotopic (exact) mass is 406 g/mol. The second-order valence-electron chi connectivity index (χ2n) is 6.81. The molecule has 156 valence electrons. The van der Waals surface area contributed by atoms with Crippen LogP contribution in [0.25, 0.3) is 5.69 Å². The van der Waals surface area contributed by atoms with Crippen LogP contribution in [0.4, 0.5) is 5.69 Å². The molecule has 0 unspecified atom stereocenters. The summed E-state index contributed by atoms with van der Waals surface area (Å²) in [6.45, 7) is 2.70. The molecular weight excluding hydrogens is 380 g/mol. The van der Waals surface area contributed by atoms with Crippen LogP contribution in [0.2, 0.25) is 0 Å². The Morgan fingerprint density at radius 1 is 1.03 bits per heavy atom. The highest BCUT2D eigenvalue weighted by molar-refractivity contribution is 5.99. The van der Waals surface area contributed by atoms with E-state index in [1.54, 1.807) is 47.3 Å². The summed E-state index contributed by atoms with van der Waals surface area (Å²) in [5, 5.41) is 9.54. The Hall–Kier alpha value is -3.61. The zero-order chi connectivity index (χ0) is 21.2. The number of rotatable bonds is 10. The molecule has 2 N–H and O–H groups in total. The Labute approximate surface area is 176 Å². The minimum atomic E-state index is -0.309. The quantitative estimate of drug-likeness (QED) is 0.502. The van der Waals surface area contributed by atoms with E-state index in [2.05, 4.69) is 22.7 Å². The number of hydrogen-bond acceptors (Lipinski definition) is 4. The third-order valence-corrected chi connectivity index (χ3v) is 4.46. The first-order valence-electron chi connectivity index (χ1n) is 10.1. The number of ether oxygens (including phenoxy) is 1. The van der Waals surface area contributed by atoms with Crippen molar-refractivity contribution in [3.05, 3.63) is 72.6 Å². The van der Waals surface area contributed by atoms with Crippen molar-refractivity contribution in [3.8, 4) is 11.4 Å². The lowest BCUT2D eigenvalue weighted by atomic mass is 10.2. The molecule has 7 nitrogen and oxygen atoms in total. The number of nitrogens with one attached hydrogen (secondary N) is 2. The van der Waals surface area contributed by atoms with Gasteiger partial charge in [-0.3, -0.25) is 9.59 Å². The van der Waals surface area contributed by atoms with Crippen LogP contribution in [-0.2, 0) is 4.79 Å². The summed E-state index contributed by atoms with van der Waals surface area (Å²) in [5.74, 6) is 0.127. The maximum atomic E-state index is 12.2. The summed E-state index contributed by atoms with van der Waals surface area (Å²) in [6, 6.07) is 16.0. The zero-order valence-electron chi connectivity index (χ0n) is 17.0. The minimum absolute atomic E-state index is 0.116. The normalized spacial score (nSPS) is 10.4. The Kier molecular flexibility index (Phi) is 7.60. The predicted molar refractivity (Wildman–Crippen MR) is 116 cm³/mol. The minimum Gasteiger partial charge on any atom is -0.494 e. The number of anilines is 1. The Balaban J connectivity index is 1.43. The summed E-state index contributed by atoms with van der Waals surface area (Å²) < 4.78 is 7.37. The van der Waals surface area contributed by atoms with Gasteiger partial charge in [-0.25, -0.2) is 4.68 Å². The molecule has 0 atom stereocenters. The number of benzene rings is 2. The predicted octanol–water partition coefficient (Wildman–Crippen LogP) is 3.81. The van der Waals surface area contributed by atoms with Gasteiger partial charge in [-0.1, -0.05) is 19.8 Å². The first-order chi connectivity index (χ1) is 14.7. The molecule has 0 saturated heterocycles. The molecule has 2 aromatic carbocycles. The molecule has 0 bridgehead atoms. The van der Waals surface area contributed by atoms with Crippen molar-refractivity contribution in [2.75, 3.05) is 18.5 Å². The highest BCUT2D eigenvalue weighted by atomic mass is 16.5. The summed E-state index contributed by atoms with van der Waals surface area (Å²) >= 11 is 0. The van der Waals surface area contributed by atoms with Gasteiger partial charge in [-0.15, -0.1) is 0 Å². The molecule has 0 aliphatic rings. The van der Waals surface area contributed by atoms with Gasteiger partial charge >= 0.3 is 0 Å². The van der Waals surface area contributed by atoms with Gasteiger partial charge in [0.1, 0.15) is 5.75 Å². The Bertz CT molecular complexity index is 936. The SMILES string of the molecule is CCCCCOc1ccc(C(=O)NCC(=O)Nc2ccc(-n3cccn3)cc2)cc1. The van der Waals surface area contributed by atoms with Crippen molar-refractivity contribution in [2.45, 2.75) is 26.2 Å². The summed E-state index contributed by atoms with van der Waals surface area (Å²) in [4.78, 5) is 24.4. The second-order valence-corrected chi connectivity index (χ2v) is 6.81. The van der Waals surface area contributed by atoms with Gasteiger partial charge < -0.3 is 15.4 Å². The number of hydrogen-bond donors (Lipinski definition) is 2. The van der Waals surface area contributed by atoms with Crippen LogP contribution >= 0.6 is 0 Å². The molecule has 0 saturated carbocycles. The van der Waals surface area contributed by atoms with Gasteiger partial charge in [-0.05, 0) is 61.0 Å². The topological polar surface area (TPSA) is 85.2 Å². The van der Waals surface area contributed by atoms with Crippen molar-refractivity contribution in [1.82, 2.24) is 15.1 Å². The summed E-state index contributed by atoms with van der Waals surface area (Å²) in [7, 11) is 0. The molecule has 7 heteroatoms. The van der Waals surface area contributed by atoms with Crippen LogP contribution in [0, 0.1) is 0 Å². The molecule has 1 heterocycles. The molecule has 2 amide bonds. The van der Waals surface area contributed by atoms with Gasteiger partial charge in [-0.2, -0.15) is 5.10 Å². The molecule has 30 heavy (non-hydrogen) atoms. The van der Waals surface area contributed by atoms with E-state index in [1.165, 1.54) is 0 Å². The number of carbonyl (C=O) groups excluding carboxylic acids is 2. The van der Waals surface area contributed by atoms with Crippen LogP contribution in [0.1, 0.15) is 36.5 Å². The van der Waals surface area contributed by atoms with Crippen molar-refractivity contribution in [2.24, 2.45) is 0 Å². The molecular formula is C23H26N4O3. The molecule has 0 radical (unpaired) electrons. The lowest BCUT2D eigenvalue weighted by molar-refractivity contribution is -0.115.